The Bertz CT molecular complexity index is 486. The Morgan fingerprint density at radius 3 is 2.70 bits per heavy atom. The van der Waals surface area contributed by atoms with E-state index in [4.69, 9.17) is 10.5 Å². The van der Waals surface area contributed by atoms with Crippen LogP contribution in [0, 0.1) is 0 Å². The van der Waals surface area contributed by atoms with E-state index in [1.807, 2.05) is 6.07 Å². The molecule has 0 spiro atoms. The fraction of sp³-hybridized carbons (Fsp3) is 0.684. The van der Waals surface area contributed by atoms with Gasteiger partial charge in [0.15, 0.2) is 0 Å². The fourth-order valence-electron chi connectivity index (χ4n) is 3.75. The molecule has 4 heteroatoms. The zero-order valence-corrected chi connectivity index (χ0v) is 14.3. The number of anilines is 2. The minimum atomic E-state index is 0.814. The zero-order valence-electron chi connectivity index (χ0n) is 14.3. The van der Waals surface area contributed by atoms with Crippen molar-refractivity contribution in [1.82, 2.24) is 4.90 Å². The van der Waals surface area contributed by atoms with Crippen molar-refractivity contribution in [2.24, 2.45) is 0 Å². The molecule has 0 saturated carbocycles. The van der Waals surface area contributed by atoms with E-state index in [9.17, 15) is 0 Å². The molecule has 0 atom stereocenters. The number of hydrogen-bond donors (Lipinski definition) is 1. The Hall–Kier alpha value is -1.26. The highest BCUT2D eigenvalue weighted by Gasteiger charge is 2.16. The second kappa shape index (κ2) is 8.55. The molecule has 2 aliphatic heterocycles. The number of ether oxygens (including phenoxy) is 1. The third-order valence-corrected chi connectivity index (χ3v) is 5.04. The summed E-state index contributed by atoms with van der Waals surface area (Å²) in [7, 11) is 0. The molecule has 0 amide bonds. The molecule has 1 aromatic rings. The smallest absolute Gasteiger partial charge is 0.0641 e. The van der Waals surface area contributed by atoms with Crippen molar-refractivity contribution in [3.8, 4) is 0 Å². The second-order valence-electron chi connectivity index (χ2n) is 6.85. The maximum atomic E-state index is 5.95. The van der Waals surface area contributed by atoms with E-state index in [1.165, 1.54) is 63.0 Å². The summed E-state index contributed by atoms with van der Waals surface area (Å²) < 4.78 is 5.87. The third kappa shape index (κ3) is 4.85. The molecule has 1 saturated heterocycles. The molecule has 4 nitrogen and oxygen atoms in total. The predicted octanol–water partition coefficient (Wildman–Crippen LogP) is 2.91. The number of aryl methyl sites for hydroxylation is 1. The number of nitrogen functional groups attached to an aromatic ring is 1. The van der Waals surface area contributed by atoms with Crippen LogP contribution in [0.25, 0.3) is 0 Å². The molecule has 2 aliphatic rings. The van der Waals surface area contributed by atoms with Gasteiger partial charge >= 0.3 is 0 Å². The van der Waals surface area contributed by atoms with E-state index in [1.54, 1.807) is 0 Å². The number of hydrogen-bond acceptors (Lipinski definition) is 4. The van der Waals surface area contributed by atoms with Crippen LogP contribution in [-0.4, -0.2) is 50.8 Å². The van der Waals surface area contributed by atoms with E-state index < -0.39 is 0 Å². The molecular formula is C19H31N3O. The maximum absolute atomic E-state index is 5.95. The van der Waals surface area contributed by atoms with Crippen molar-refractivity contribution in [3.63, 3.8) is 0 Å². The highest BCUT2D eigenvalue weighted by atomic mass is 16.5. The summed E-state index contributed by atoms with van der Waals surface area (Å²) >= 11 is 0. The van der Waals surface area contributed by atoms with Crippen LogP contribution in [0.4, 0.5) is 11.4 Å². The lowest BCUT2D eigenvalue weighted by Crippen LogP contribution is -2.33. The summed E-state index contributed by atoms with van der Waals surface area (Å²) in [5.74, 6) is 0. The van der Waals surface area contributed by atoms with Gasteiger partial charge < -0.3 is 20.3 Å². The van der Waals surface area contributed by atoms with Crippen molar-refractivity contribution < 1.29 is 4.74 Å². The monoisotopic (exact) mass is 317 g/mol. The minimum Gasteiger partial charge on any atom is -0.399 e. The SMILES string of the molecule is Nc1ccc2c(c1)N(CCOCCCN1CCCCC1)CCC2. The number of piperidine rings is 1. The molecule has 128 valence electrons. The molecule has 3 rings (SSSR count). The van der Waals surface area contributed by atoms with Crippen LogP contribution in [0.2, 0.25) is 0 Å². The Morgan fingerprint density at radius 1 is 0.957 bits per heavy atom. The molecular weight excluding hydrogens is 286 g/mol. The van der Waals surface area contributed by atoms with Crippen molar-refractivity contribution in [3.05, 3.63) is 23.8 Å². The van der Waals surface area contributed by atoms with Gasteiger partial charge in [0.1, 0.15) is 0 Å². The van der Waals surface area contributed by atoms with Gasteiger partial charge in [-0.25, -0.2) is 0 Å². The lowest BCUT2D eigenvalue weighted by atomic mass is 10.0. The number of likely N-dealkylation sites (tertiary alicyclic amines) is 1. The van der Waals surface area contributed by atoms with Crippen molar-refractivity contribution in [1.29, 1.82) is 0 Å². The number of nitrogens with zero attached hydrogens (tertiary/aromatic N) is 2. The Kier molecular flexibility index (Phi) is 6.17. The molecule has 0 aromatic heterocycles. The average Bonchev–Trinajstić information content (AvgIpc) is 2.59. The highest BCUT2D eigenvalue weighted by molar-refractivity contribution is 5.62. The first kappa shape index (κ1) is 16.6. The van der Waals surface area contributed by atoms with E-state index in [2.05, 4.69) is 21.9 Å². The van der Waals surface area contributed by atoms with Gasteiger partial charge in [-0.15, -0.1) is 0 Å². The van der Waals surface area contributed by atoms with Crippen molar-refractivity contribution in [2.75, 3.05) is 56.6 Å². The minimum absolute atomic E-state index is 0.814. The van der Waals surface area contributed by atoms with Gasteiger partial charge in [-0.1, -0.05) is 12.5 Å². The van der Waals surface area contributed by atoms with Gasteiger partial charge in [0, 0.05) is 37.6 Å². The Labute approximate surface area is 140 Å². The van der Waals surface area contributed by atoms with Gasteiger partial charge in [0.05, 0.1) is 6.61 Å². The van der Waals surface area contributed by atoms with Gasteiger partial charge in [0.2, 0.25) is 0 Å². The van der Waals surface area contributed by atoms with Crippen LogP contribution in [0.1, 0.15) is 37.7 Å². The summed E-state index contributed by atoms with van der Waals surface area (Å²) in [4.78, 5) is 5.01. The van der Waals surface area contributed by atoms with Gasteiger partial charge in [-0.3, -0.25) is 0 Å². The van der Waals surface area contributed by atoms with Crippen LogP contribution < -0.4 is 10.6 Å². The van der Waals surface area contributed by atoms with Crippen LogP contribution in [-0.2, 0) is 11.2 Å². The van der Waals surface area contributed by atoms with Crippen LogP contribution in [0.15, 0.2) is 18.2 Å². The molecule has 0 bridgehead atoms. The van der Waals surface area contributed by atoms with Crippen molar-refractivity contribution in [2.45, 2.75) is 38.5 Å². The Morgan fingerprint density at radius 2 is 1.83 bits per heavy atom. The van der Waals surface area contributed by atoms with Crippen molar-refractivity contribution >= 4 is 11.4 Å². The third-order valence-electron chi connectivity index (χ3n) is 5.04. The van der Waals surface area contributed by atoms with Crippen LogP contribution >= 0.6 is 0 Å². The summed E-state index contributed by atoms with van der Waals surface area (Å²) in [6.45, 7) is 7.55. The lowest BCUT2D eigenvalue weighted by molar-refractivity contribution is 0.121. The first-order valence-corrected chi connectivity index (χ1v) is 9.26. The maximum Gasteiger partial charge on any atom is 0.0641 e. The first-order valence-electron chi connectivity index (χ1n) is 9.26. The number of fused-ring (bicyclic) bond motifs is 1. The molecule has 1 aromatic carbocycles. The number of rotatable bonds is 7. The second-order valence-corrected chi connectivity index (χ2v) is 6.85. The Balaban J connectivity index is 1.34. The van der Waals surface area contributed by atoms with Crippen LogP contribution in [0.5, 0.6) is 0 Å². The standard InChI is InChI=1S/C19H31N3O/c20-18-8-7-17-6-4-12-22(19(17)16-18)13-15-23-14-5-11-21-9-2-1-3-10-21/h7-8,16H,1-6,9-15,20H2. The fourth-order valence-corrected chi connectivity index (χ4v) is 3.75. The largest absolute Gasteiger partial charge is 0.399 e. The lowest BCUT2D eigenvalue weighted by Gasteiger charge is -2.31. The highest BCUT2D eigenvalue weighted by Crippen LogP contribution is 2.28. The van der Waals surface area contributed by atoms with Crippen LogP contribution in [0.3, 0.4) is 0 Å². The predicted molar refractivity (Wildman–Crippen MR) is 97.1 cm³/mol. The van der Waals surface area contributed by atoms with E-state index >= 15 is 0 Å². The molecule has 0 radical (unpaired) electrons. The molecule has 1 fully saturated rings. The average molecular weight is 317 g/mol. The van der Waals surface area contributed by atoms with Gasteiger partial charge in [-0.2, -0.15) is 0 Å². The molecule has 2 heterocycles. The summed E-state index contributed by atoms with van der Waals surface area (Å²) in [6, 6.07) is 6.31. The summed E-state index contributed by atoms with van der Waals surface area (Å²) in [6.07, 6.45) is 7.71. The summed E-state index contributed by atoms with van der Waals surface area (Å²) in [5, 5.41) is 0. The number of nitrogens with two attached hydrogens (primary N) is 1. The quantitative estimate of drug-likeness (QED) is 0.620. The molecule has 23 heavy (non-hydrogen) atoms. The normalized spacial score (nSPS) is 18.9. The van der Waals surface area contributed by atoms with E-state index in [0.717, 1.165) is 38.4 Å². The topological polar surface area (TPSA) is 41.7 Å². The van der Waals surface area contributed by atoms with Gasteiger partial charge in [-0.05, 0) is 62.9 Å². The first-order chi connectivity index (χ1) is 11.3. The molecule has 0 aliphatic carbocycles. The molecule has 0 unspecified atom stereocenters. The van der Waals surface area contributed by atoms with E-state index in [-0.39, 0.29) is 0 Å². The summed E-state index contributed by atoms with van der Waals surface area (Å²) in [5.41, 5.74) is 9.55. The van der Waals surface area contributed by atoms with E-state index in [0.29, 0.717) is 0 Å². The molecule has 2 N–H and O–H groups in total. The zero-order chi connectivity index (χ0) is 15.9. The number of benzene rings is 1. The van der Waals surface area contributed by atoms with Gasteiger partial charge in [0.25, 0.3) is 0 Å².